The molecule has 13 heteroatoms. The Kier molecular flexibility index (Phi) is 6.93. The number of anilines is 1. The summed E-state index contributed by atoms with van der Waals surface area (Å²) in [4.78, 5) is 33.4. The van der Waals surface area contributed by atoms with Gasteiger partial charge in [-0.25, -0.2) is 9.78 Å². The zero-order chi connectivity index (χ0) is 26.9. The third-order valence-electron chi connectivity index (χ3n) is 6.71. The molecule has 1 N–H and O–H groups in total. The van der Waals surface area contributed by atoms with Crippen molar-refractivity contribution in [1.29, 1.82) is 0 Å². The summed E-state index contributed by atoms with van der Waals surface area (Å²) in [6.45, 7) is 4.41. The lowest BCUT2D eigenvalue weighted by Gasteiger charge is -2.35. The number of amides is 1. The second kappa shape index (κ2) is 10.3. The molecule has 0 radical (unpaired) electrons. The highest BCUT2D eigenvalue weighted by Gasteiger charge is 2.45. The average Bonchev–Trinajstić information content (AvgIpc) is 3.55. The van der Waals surface area contributed by atoms with E-state index in [0.29, 0.717) is 24.0 Å². The van der Waals surface area contributed by atoms with Gasteiger partial charge in [0.2, 0.25) is 5.91 Å². The first-order valence-electron chi connectivity index (χ1n) is 12.1. The van der Waals surface area contributed by atoms with E-state index in [1.807, 2.05) is 10.8 Å². The number of halogens is 3. The number of imidazole rings is 1. The molecule has 1 fully saturated rings. The number of hydrogen-bond acceptors (Lipinski definition) is 6. The highest BCUT2D eigenvalue weighted by atomic mass is 19.4. The Balaban J connectivity index is 1.25. The fourth-order valence-corrected chi connectivity index (χ4v) is 4.73. The van der Waals surface area contributed by atoms with Crippen molar-refractivity contribution in [3.63, 3.8) is 0 Å². The topological polar surface area (TPSA) is 99.7 Å². The van der Waals surface area contributed by atoms with Crippen LogP contribution in [0.1, 0.15) is 0 Å². The van der Waals surface area contributed by atoms with Crippen molar-refractivity contribution in [3.8, 4) is 0 Å². The second-order valence-electron chi connectivity index (χ2n) is 9.19. The fraction of sp³-hybridized carbons (Fsp3) is 0.360. The molecule has 1 amide bonds. The van der Waals surface area contributed by atoms with Crippen LogP contribution in [0.25, 0.3) is 10.9 Å². The van der Waals surface area contributed by atoms with Crippen LogP contribution < -0.4 is 4.90 Å². The first-order valence-corrected chi connectivity index (χ1v) is 12.1. The van der Waals surface area contributed by atoms with E-state index in [-0.39, 0.29) is 18.1 Å². The summed E-state index contributed by atoms with van der Waals surface area (Å²) in [7, 11) is 0. The molecule has 0 saturated carbocycles. The van der Waals surface area contributed by atoms with Crippen molar-refractivity contribution in [1.82, 2.24) is 29.1 Å². The molecule has 2 aliphatic heterocycles. The van der Waals surface area contributed by atoms with Crippen LogP contribution in [-0.2, 0) is 22.7 Å². The number of alkyl halides is 3. The van der Waals surface area contributed by atoms with Gasteiger partial charge in [0.25, 0.3) is 0 Å². The Morgan fingerprint density at radius 3 is 2.58 bits per heavy atom. The highest BCUT2D eigenvalue weighted by Crippen LogP contribution is 2.36. The van der Waals surface area contributed by atoms with Gasteiger partial charge in [-0.15, -0.1) is 0 Å². The van der Waals surface area contributed by atoms with Crippen molar-refractivity contribution in [2.24, 2.45) is 0 Å². The number of carboxylic acid groups (broad SMARTS) is 1. The predicted octanol–water partition coefficient (Wildman–Crippen LogP) is 2.35. The Morgan fingerprint density at radius 2 is 1.89 bits per heavy atom. The van der Waals surface area contributed by atoms with Crippen LogP contribution in [0.5, 0.6) is 0 Å². The van der Waals surface area contributed by atoms with Crippen LogP contribution in [0.4, 0.5) is 18.9 Å². The minimum Gasteiger partial charge on any atom is -0.477 e. The number of carbonyl (C=O) groups excluding carboxylic acids is 1. The van der Waals surface area contributed by atoms with Crippen LogP contribution in [0.2, 0.25) is 0 Å². The minimum atomic E-state index is -4.68. The van der Waals surface area contributed by atoms with Crippen LogP contribution >= 0.6 is 0 Å². The largest absolute Gasteiger partial charge is 0.477 e. The molecule has 2 aromatic heterocycles. The van der Waals surface area contributed by atoms with Crippen LogP contribution in [-0.4, -0.2) is 91.1 Å². The number of piperazine rings is 1. The minimum absolute atomic E-state index is 0.00302. The second-order valence-corrected chi connectivity index (χ2v) is 9.19. The molecule has 1 aromatic carbocycles. The van der Waals surface area contributed by atoms with Crippen molar-refractivity contribution in [2.75, 3.05) is 37.6 Å². The number of carboxylic acids is 1. The number of nitrogens with zero attached hydrogens (tertiary/aromatic N) is 7. The van der Waals surface area contributed by atoms with E-state index in [9.17, 15) is 27.9 Å². The van der Waals surface area contributed by atoms with Crippen LogP contribution in [0.3, 0.4) is 0 Å². The van der Waals surface area contributed by atoms with Crippen molar-refractivity contribution in [3.05, 3.63) is 67.0 Å². The van der Waals surface area contributed by atoms with E-state index in [1.165, 1.54) is 22.9 Å². The summed E-state index contributed by atoms with van der Waals surface area (Å²) in [6, 6.07) is 2.26. The van der Waals surface area contributed by atoms with Gasteiger partial charge in [0.15, 0.2) is 0 Å². The van der Waals surface area contributed by atoms with Gasteiger partial charge in [0.05, 0.1) is 11.8 Å². The summed E-state index contributed by atoms with van der Waals surface area (Å²) in [5.74, 6) is -1.56. The molecule has 1 unspecified atom stereocenters. The smallest absolute Gasteiger partial charge is 0.412 e. The number of aliphatic carboxylic acids is 1. The van der Waals surface area contributed by atoms with Gasteiger partial charge in [-0.2, -0.15) is 18.3 Å². The van der Waals surface area contributed by atoms with Gasteiger partial charge in [-0.3, -0.25) is 14.4 Å². The van der Waals surface area contributed by atoms with Gasteiger partial charge in [0, 0.05) is 68.9 Å². The lowest BCUT2D eigenvalue weighted by atomic mass is 10.1. The maximum absolute atomic E-state index is 13.7. The van der Waals surface area contributed by atoms with Crippen molar-refractivity contribution < 1.29 is 27.9 Å². The predicted molar refractivity (Wildman–Crippen MR) is 132 cm³/mol. The molecule has 200 valence electrons. The lowest BCUT2D eigenvalue weighted by molar-refractivity contribution is -0.140. The summed E-state index contributed by atoms with van der Waals surface area (Å²) in [6.07, 6.45) is 5.48. The number of allylic oxidation sites excluding steroid dienone is 2. The third-order valence-corrected chi connectivity index (χ3v) is 6.71. The molecule has 0 aliphatic carbocycles. The van der Waals surface area contributed by atoms with Gasteiger partial charge in [-0.1, -0.05) is 12.2 Å². The van der Waals surface area contributed by atoms with Crippen LogP contribution in [0.15, 0.2) is 67.0 Å². The molecule has 0 bridgehead atoms. The Bertz CT molecular complexity index is 1370. The lowest BCUT2D eigenvalue weighted by Crippen LogP contribution is -2.50. The summed E-state index contributed by atoms with van der Waals surface area (Å²) in [5.41, 5.74) is 0.0688. The number of fused-ring (bicyclic) bond motifs is 1. The number of benzene rings is 1. The zero-order valence-electron chi connectivity index (χ0n) is 20.3. The summed E-state index contributed by atoms with van der Waals surface area (Å²) < 4.78 is 44.6. The Labute approximate surface area is 215 Å². The number of aromatic nitrogens is 4. The maximum atomic E-state index is 13.7. The number of rotatable bonds is 7. The van der Waals surface area contributed by atoms with E-state index in [0.717, 1.165) is 49.3 Å². The molecule has 5 rings (SSSR count). The molecule has 38 heavy (non-hydrogen) atoms. The normalized spacial score (nSPS) is 18.7. The molecular weight excluding hydrogens is 503 g/mol. The number of hydrogen-bond donors (Lipinski definition) is 1. The molecule has 1 atom stereocenters. The quantitative estimate of drug-likeness (QED) is 0.502. The number of carbonyl (C=O) groups is 2. The molecule has 1 saturated heterocycles. The van der Waals surface area contributed by atoms with E-state index < -0.39 is 23.9 Å². The van der Waals surface area contributed by atoms with E-state index >= 15 is 0 Å². The monoisotopic (exact) mass is 529 g/mol. The molecule has 4 heterocycles. The Hall–Kier alpha value is -4.13. The standard InChI is InChI=1S/C25H26F3N7O3/c26-25(27,28)22-3-1-2-21(24(37)38)35(22)19-4-5-20-18(14-19)15-34(30-20)16-23(36)33-12-10-31(11-13-33)8-9-32-7-6-29-17-32/h1-7,14-15,17,22H,8-13,16H2,(H,37,38). The van der Waals surface area contributed by atoms with Gasteiger partial charge >= 0.3 is 12.1 Å². The SMILES string of the molecule is O=C(O)C1=CC=CC(C(F)(F)F)N1c1ccc2nn(CC(=O)N3CCN(CCn4ccnc4)CC3)cc2c1. The molecule has 10 nitrogen and oxygen atoms in total. The van der Waals surface area contributed by atoms with Crippen molar-refractivity contribution >= 4 is 28.5 Å². The summed E-state index contributed by atoms with van der Waals surface area (Å²) in [5, 5.41) is 14.4. The Morgan fingerprint density at radius 1 is 1.11 bits per heavy atom. The first-order chi connectivity index (χ1) is 18.2. The van der Waals surface area contributed by atoms with Crippen LogP contribution in [0, 0.1) is 0 Å². The van der Waals surface area contributed by atoms with Gasteiger partial charge < -0.3 is 19.5 Å². The average molecular weight is 530 g/mol. The third kappa shape index (κ3) is 5.42. The van der Waals surface area contributed by atoms with E-state index in [4.69, 9.17) is 0 Å². The summed E-state index contributed by atoms with van der Waals surface area (Å²) >= 11 is 0. The fourth-order valence-electron chi connectivity index (χ4n) is 4.73. The van der Waals surface area contributed by atoms with Gasteiger partial charge in [0.1, 0.15) is 18.3 Å². The maximum Gasteiger partial charge on any atom is 0.412 e. The van der Waals surface area contributed by atoms with Gasteiger partial charge in [-0.05, 0) is 24.3 Å². The molecule has 0 spiro atoms. The zero-order valence-corrected chi connectivity index (χ0v) is 20.3. The van der Waals surface area contributed by atoms with Crippen molar-refractivity contribution in [2.45, 2.75) is 25.3 Å². The van der Waals surface area contributed by atoms with E-state index in [2.05, 4.69) is 15.0 Å². The molecule has 2 aliphatic rings. The first kappa shape index (κ1) is 25.5. The molecular formula is C25H26F3N7O3. The van der Waals surface area contributed by atoms with E-state index in [1.54, 1.807) is 23.6 Å². The highest BCUT2D eigenvalue weighted by molar-refractivity contribution is 5.94. The molecule has 3 aromatic rings.